The van der Waals surface area contributed by atoms with Crippen molar-refractivity contribution >= 4 is 6.03 Å². The molecule has 1 aromatic carbocycles. The van der Waals surface area contributed by atoms with Crippen LogP contribution in [0.3, 0.4) is 0 Å². The molecule has 1 fully saturated rings. The van der Waals surface area contributed by atoms with Crippen LogP contribution >= 0.6 is 0 Å². The van der Waals surface area contributed by atoms with E-state index in [1.165, 1.54) is 0 Å². The number of para-hydroxylation sites is 1. The molecule has 1 aliphatic heterocycles. The highest BCUT2D eigenvalue weighted by molar-refractivity contribution is 5.74. The van der Waals surface area contributed by atoms with Crippen molar-refractivity contribution in [3.05, 3.63) is 47.3 Å². The molecule has 7 heteroatoms. The van der Waals surface area contributed by atoms with Crippen molar-refractivity contribution in [1.82, 2.24) is 25.3 Å². The lowest BCUT2D eigenvalue weighted by atomic mass is 10.0. The molecule has 28 heavy (non-hydrogen) atoms. The van der Waals surface area contributed by atoms with Gasteiger partial charge in [0.05, 0.1) is 24.6 Å². The van der Waals surface area contributed by atoms with E-state index in [0.29, 0.717) is 13.1 Å². The van der Waals surface area contributed by atoms with Crippen LogP contribution in [0.15, 0.2) is 30.3 Å². The van der Waals surface area contributed by atoms with Gasteiger partial charge >= 0.3 is 6.03 Å². The van der Waals surface area contributed by atoms with Crippen LogP contribution in [0.25, 0.3) is 5.69 Å². The second kappa shape index (κ2) is 8.75. The van der Waals surface area contributed by atoms with E-state index in [9.17, 15) is 4.79 Å². The normalized spacial score (nSPS) is 15.4. The Morgan fingerprint density at radius 2 is 1.82 bits per heavy atom. The fourth-order valence-corrected chi connectivity index (χ4v) is 3.56. The first-order valence-corrected chi connectivity index (χ1v) is 9.83. The molecule has 1 saturated heterocycles. The number of morpholine rings is 1. The zero-order chi connectivity index (χ0) is 20.1. The third-order valence-corrected chi connectivity index (χ3v) is 5.42. The van der Waals surface area contributed by atoms with Gasteiger partial charge in [0, 0.05) is 43.0 Å². The van der Waals surface area contributed by atoms with Crippen LogP contribution in [0, 0.1) is 13.8 Å². The van der Waals surface area contributed by atoms with Crippen LogP contribution in [0.4, 0.5) is 4.79 Å². The summed E-state index contributed by atoms with van der Waals surface area (Å²) < 4.78 is 7.34. The molecule has 0 saturated carbocycles. The molecule has 0 unspecified atom stereocenters. The first-order valence-electron chi connectivity index (χ1n) is 9.83. The molecule has 1 aliphatic rings. The van der Waals surface area contributed by atoms with E-state index in [1.807, 2.05) is 48.9 Å². The van der Waals surface area contributed by atoms with Crippen molar-refractivity contribution in [2.75, 3.05) is 32.8 Å². The molecule has 0 bridgehead atoms. The largest absolute Gasteiger partial charge is 0.379 e. The van der Waals surface area contributed by atoms with Gasteiger partial charge in [-0.3, -0.25) is 4.90 Å². The van der Waals surface area contributed by atoms with Crippen LogP contribution in [-0.4, -0.2) is 59.1 Å². The Hall–Kier alpha value is -2.38. The minimum atomic E-state index is -0.160. The lowest BCUT2D eigenvalue weighted by Gasteiger charge is -2.40. The number of ether oxygens (including phenoxy) is 1. The highest BCUT2D eigenvalue weighted by Gasteiger charge is 2.28. The molecule has 2 amide bonds. The van der Waals surface area contributed by atoms with Crippen molar-refractivity contribution in [1.29, 1.82) is 0 Å². The van der Waals surface area contributed by atoms with Gasteiger partial charge < -0.3 is 15.4 Å². The van der Waals surface area contributed by atoms with Crippen LogP contribution < -0.4 is 10.6 Å². The standard InChI is InChI=1S/C21H31N5O2/c1-16-19(17(2)26(24-16)18-8-6-5-7-9-18)14-22-20(27)23-15-21(3,4)25-10-12-28-13-11-25/h5-9H,10-15H2,1-4H3,(H2,22,23,27). The quantitative estimate of drug-likeness (QED) is 0.801. The average Bonchev–Trinajstić information content (AvgIpc) is 3.00. The second-order valence-corrected chi connectivity index (χ2v) is 7.84. The number of nitrogens with zero attached hydrogens (tertiary/aromatic N) is 3. The van der Waals surface area contributed by atoms with E-state index >= 15 is 0 Å². The van der Waals surface area contributed by atoms with Gasteiger partial charge in [0.1, 0.15) is 0 Å². The van der Waals surface area contributed by atoms with Crippen molar-refractivity contribution in [2.45, 2.75) is 39.8 Å². The molecule has 7 nitrogen and oxygen atoms in total. The summed E-state index contributed by atoms with van der Waals surface area (Å²) in [4.78, 5) is 14.7. The third-order valence-electron chi connectivity index (χ3n) is 5.42. The molecular weight excluding hydrogens is 354 g/mol. The number of aryl methyl sites for hydroxylation is 1. The molecule has 0 aliphatic carbocycles. The Morgan fingerprint density at radius 3 is 2.50 bits per heavy atom. The average molecular weight is 386 g/mol. The van der Waals surface area contributed by atoms with Crippen molar-refractivity contribution in [3.8, 4) is 5.69 Å². The van der Waals surface area contributed by atoms with Gasteiger partial charge in [-0.15, -0.1) is 0 Å². The summed E-state index contributed by atoms with van der Waals surface area (Å²) in [7, 11) is 0. The lowest BCUT2D eigenvalue weighted by molar-refractivity contribution is -0.00874. The summed E-state index contributed by atoms with van der Waals surface area (Å²) in [6.07, 6.45) is 0. The van der Waals surface area contributed by atoms with Crippen LogP contribution in [0.5, 0.6) is 0 Å². The van der Waals surface area contributed by atoms with Gasteiger partial charge in [-0.05, 0) is 39.8 Å². The number of urea groups is 1. The highest BCUT2D eigenvalue weighted by atomic mass is 16.5. The van der Waals surface area contributed by atoms with E-state index in [-0.39, 0.29) is 11.6 Å². The topological polar surface area (TPSA) is 71.4 Å². The maximum absolute atomic E-state index is 12.4. The van der Waals surface area contributed by atoms with Crippen molar-refractivity contribution < 1.29 is 9.53 Å². The maximum atomic E-state index is 12.4. The van der Waals surface area contributed by atoms with Gasteiger partial charge in [0.2, 0.25) is 0 Å². The summed E-state index contributed by atoms with van der Waals surface area (Å²) in [5.74, 6) is 0. The van der Waals surface area contributed by atoms with E-state index in [2.05, 4.69) is 34.5 Å². The van der Waals surface area contributed by atoms with Crippen LogP contribution in [-0.2, 0) is 11.3 Å². The van der Waals surface area contributed by atoms with Gasteiger partial charge in [-0.25, -0.2) is 9.48 Å². The molecule has 2 aromatic rings. The number of benzene rings is 1. The minimum absolute atomic E-state index is 0.106. The number of nitrogens with one attached hydrogen (secondary N) is 2. The number of hydrogen-bond donors (Lipinski definition) is 2. The number of aromatic nitrogens is 2. The summed E-state index contributed by atoms with van der Waals surface area (Å²) in [6.45, 7) is 12.6. The number of rotatable bonds is 6. The van der Waals surface area contributed by atoms with Crippen molar-refractivity contribution in [2.24, 2.45) is 0 Å². The molecule has 0 spiro atoms. The monoisotopic (exact) mass is 385 g/mol. The molecule has 2 N–H and O–H groups in total. The number of hydrogen-bond acceptors (Lipinski definition) is 4. The fraction of sp³-hybridized carbons (Fsp3) is 0.524. The smallest absolute Gasteiger partial charge is 0.315 e. The Labute approximate surface area is 167 Å². The SMILES string of the molecule is Cc1nn(-c2ccccc2)c(C)c1CNC(=O)NCC(C)(C)N1CCOCC1. The first kappa shape index (κ1) is 20.4. The maximum Gasteiger partial charge on any atom is 0.315 e. The minimum Gasteiger partial charge on any atom is -0.379 e. The second-order valence-electron chi connectivity index (χ2n) is 7.84. The number of amides is 2. The molecule has 0 atom stereocenters. The third kappa shape index (κ3) is 4.72. The number of carbonyl (C=O) groups is 1. The molecular formula is C21H31N5O2. The van der Waals surface area contributed by atoms with Gasteiger partial charge in [0.25, 0.3) is 0 Å². The fourth-order valence-electron chi connectivity index (χ4n) is 3.56. The Morgan fingerprint density at radius 1 is 1.14 bits per heavy atom. The van der Waals surface area contributed by atoms with Gasteiger partial charge in [-0.1, -0.05) is 18.2 Å². The van der Waals surface area contributed by atoms with E-state index in [4.69, 9.17) is 4.74 Å². The van der Waals surface area contributed by atoms with Crippen LogP contribution in [0.2, 0.25) is 0 Å². The lowest BCUT2D eigenvalue weighted by Crippen LogP contribution is -2.56. The van der Waals surface area contributed by atoms with Gasteiger partial charge in [0.15, 0.2) is 0 Å². The number of carbonyl (C=O) groups excluding carboxylic acids is 1. The zero-order valence-corrected chi connectivity index (χ0v) is 17.3. The molecule has 152 valence electrons. The molecule has 1 aromatic heterocycles. The Balaban J connectivity index is 1.55. The molecule has 3 rings (SSSR count). The summed E-state index contributed by atoms with van der Waals surface area (Å²) in [5, 5.41) is 10.6. The summed E-state index contributed by atoms with van der Waals surface area (Å²) in [6, 6.07) is 9.86. The molecule has 0 radical (unpaired) electrons. The zero-order valence-electron chi connectivity index (χ0n) is 17.3. The first-order chi connectivity index (χ1) is 13.4. The molecule has 2 heterocycles. The Kier molecular flexibility index (Phi) is 6.36. The Bertz CT molecular complexity index is 795. The van der Waals surface area contributed by atoms with Crippen molar-refractivity contribution in [3.63, 3.8) is 0 Å². The predicted octanol–water partition coefficient (Wildman–Crippen LogP) is 2.40. The summed E-state index contributed by atoms with van der Waals surface area (Å²) >= 11 is 0. The van der Waals surface area contributed by atoms with E-state index in [1.54, 1.807) is 0 Å². The van der Waals surface area contributed by atoms with E-state index < -0.39 is 0 Å². The van der Waals surface area contributed by atoms with E-state index in [0.717, 1.165) is 48.9 Å². The predicted molar refractivity (Wildman–Crippen MR) is 110 cm³/mol. The highest BCUT2D eigenvalue weighted by Crippen LogP contribution is 2.18. The van der Waals surface area contributed by atoms with Crippen LogP contribution in [0.1, 0.15) is 30.8 Å². The summed E-state index contributed by atoms with van der Waals surface area (Å²) in [5.41, 5.74) is 3.93. The van der Waals surface area contributed by atoms with Gasteiger partial charge in [-0.2, -0.15) is 5.10 Å².